The van der Waals surface area contributed by atoms with Crippen LogP contribution in [0.25, 0.3) is 0 Å². The van der Waals surface area contributed by atoms with Gasteiger partial charge in [0.2, 0.25) is 0 Å². The fourth-order valence-electron chi connectivity index (χ4n) is 2.17. The summed E-state index contributed by atoms with van der Waals surface area (Å²) in [6, 6.07) is 3.06. The molecule has 0 aromatic rings. The van der Waals surface area contributed by atoms with Crippen molar-refractivity contribution in [1.82, 2.24) is 10.2 Å². The summed E-state index contributed by atoms with van der Waals surface area (Å²) in [7, 11) is 0. The molecule has 0 amide bonds. The van der Waals surface area contributed by atoms with Crippen molar-refractivity contribution >= 4 is 0 Å². The first-order valence-electron chi connectivity index (χ1n) is 6.16. The zero-order valence-electron chi connectivity index (χ0n) is 9.58. The summed E-state index contributed by atoms with van der Waals surface area (Å²) in [5.41, 5.74) is 0. The summed E-state index contributed by atoms with van der Waals surface area (Å²) in [6.45, 7) is 5.58. The first kappa shape index (κ1) is 10.9. The van der Waals surface area contributed by atoms with Gasteiger partial charge in [-0.3, -0.25) is 5.32 Å². The Labute approximate surface area is 92.4 Å². The van der Waals surface area contributed by atoms with Crippen LogP contribution in [-0.4, -0.2) is 36.6 Å². The molecule has 1 saturated heterocycles. The minimum Gasteiger partial charge on any atom is -0.301 e. The molecule has 1 aliphatic heterocycles. The van der Waals surface area contributed by atoms with Gasteiger partial charge in [-0.15, -0.1) is 0 Å². The largest absolute Gasteiger partial charge is 0.301 e. The lowest BCUT2D eigenvalue weighted by molar-refractivity contribution is 0.183. The van der Waals surface area contributed by atoms with Crippen LogP contribution >= 0.6 is 0 Å². The van der Waals surface area contributed by atoms with Crippen molar-refractivity contribution in [2.24, 2.45) is 5.92 Å². The number of likely N-dealkylation sites (tertiary alicyclic amines) is 1. The third-order valence-electron chi connectivity index (χ3n) is 3.49. The normalized spacial score (nSPS) is 26.1. The maximum atomic E-state index is 9.05. The fraction of sp³-hybridized carbons (Fsp3) is 0.917. The van der Waals surface area contributed by atoms with E-state index in [1.807, 2.05) is 0 Å². The molecule has 3 nitrogen and oxygen atoms in total. The standard InChI is InChI=1S/C12H21N3/c1-10-4-6-15(7-5-10)9-12(8-13)14-11-2-3-11/h10-12,14H,2-7,9H2,1H3. The molecule has 0 bridgehead atoms. The number of hydrogen-bond acceptors (Lipinski definition) is 3. The lowest BCUT2D eigenvalue weighted by Gasteiger charge is -2.31. The molecule has 15 heavy (non-hydrogen) atoms. The van der Waals surface area contributed by atoms with Crippen LogP contribution in [0.4, 0.5) is 0 Å². The molecule has 0 aromatic carbocycles. The van der Waals surface area contributed by atoms with Crippen molar-refractivity contribution in [3.8, 4) is 6.07 Å². The summed E-state index contributed by atoms with van der Waals surface area (Å²) in [5, 5.41) is 12.4. The molecule has 2 fully saturated rings. The van der Waals surface area contributed by atoms with Crippen LogP contribution in [0.15, 0.2) is 0 Å². The van der Waals surface area contributed by atoms with E-state index in [0.29, 0.717) is 6.04 Å². The van der Waals surface area contributed by atoms with Gasteiger partial charge in [0.15, 0.2) is 0 Å². The van der Waals surface area contributed by atoms with Crippen molar-refractivity contribution in [2.45, 2.75) is 44.7 Å². The van der Waals surface area contributed by atoms with Crippen LogP contribution in [-0.2, 0) is 0 Å². The average molecular weight is 207 g/mol. The minimum atomic E-state index is 0.0471. The van der Waals surface area contributed by atoms with E-state index in [2.05, 4.69) is 23.2 Å². The second kappa shape index (κ2) is 4.96. The number of rotatable bonds is 4. The van der Waals surface area contributed by atoms with Crippen molar-refractivity contribution < 1.29 is 0 Å². The number of nitrogens with one attached hydrogen (secondary N) is 1. The SMILES string of the molecule is CC1CCN(CC(C#N)NC2CC2)CC1. The molecule has 0 spiro atoms. The number of nitrogens with zero attached hydrogens (tertiary/aromatic N) is 2. The summed E-state index contributed by atoms with van der Waals surface area (Å²) in [5.74, 6) is 0.873. The van der Waals surface area contributed by atoms with Crippen LogP contribution in [0.3, 0.4) is 0 Å². The molecule has 1 N–H and O–H groups in total. The van der Waals surface area contributed by atoms with E-state index >= 15 is 0 Å². The highest BCUT2D eigenvalue weighted by Gasteiger charge is 2.26. The van der Waals surface area contributed by atoms with Gasteiger partial charge in [-0.25, -0.2) is 0 Å². The zero-order valence-corrected chi connectivity index (χ0v) is 9.58. The molecular formula is C12H21N3. The fourth-order valence-corrected chi connectivity index (χ4v) is 2.17. The minimum absolute atomic E-state index is 0.0471. The molecule has 1 aliphatic carbocycles. The molecule has 1 saturated carbocycles. The topological polar surface area (TPSA) is 39.1 Å². The molecule has 0 radical (unpaired) electrons. The van der Waals surface area contributed by atoms with E-state index in [9.17, 15) is 0 Å². The molecule has 2 rings (SSSR count). The predicted molar refractivity (Wildman–Crippen MR) is 60.4 cm³/mol. The Morgan fingerprint density at radius 3 is 2.53 bits per heavy atom. The molecular weight excluding hydrogens is 186 g/mol. The Hall–Kier alpha value is -0.590. The van der Waals surface area contributed by atoms with Gasteiger partial charge in [0.1, 0.15) is 6.04 Å². The highest BCUT2D eigenvalue weighted by atomic mass is 15.2. The molecule has 2 aliphatic rings. The van der Waals surface area contributed by atoms with E-state index in [1.54, 1.807) is 0 Å². The molecule has 1 heterocycles. The van der Waals surface area contributed by atoms with E-state index < -0.39 is 0 Å². The second-order valence-electron chi connectivity index (χ2n) is 5.11. The van der Waals surface area contributed by atoms with Crippen molar-refractivity contribution in [3.63, 3.8) is 0 Å². The van der Waals surface area contributed by atoms with Gasteiger partial charge in [-0.2, -0.15) is 5.26 Å². The average Bonchev–Trinajstić information content (AvgIpc) is 3.04. The zero-order chi connectivity index (χ0) is 10.7. The summed E-state index contributed by atoms with van der Waals surface area (Å²) < 4.78 is 0. The Bertz CT molecular complexity index is 234. The Morgan fingerprint density at radius 2 is 2.00 bits per heavy atom. The van der Waals surface area contributed by atoms with Crippen molar-refractivity contribution in [1.29, 1.82) is 5.26 Å². The first-order valence-corrected chi connectivity index (χ1v) is 6.16. The second-order valence-corrected chi connectivity index (χ2v) is 5.11. The smallest absolute Gasteiger partial charge is 0.108 e. The third kappa shape index (κ3) is 3.48. The van der Waals surface area contributed by atoms with Gasteiger partial charge in [0.25, 0.3) is 0 Å². The van der Waals surface area contributed by atoms with Crippen LogP contribution in [0.1, 0.15) is 32.6 Å². The van der Waals surface area contributed by atoms with E-state index in [1.165, 1.54) is 38.8 Å². The van der Waals surface area contributed by atoms with Crippen LogP contribution in [0, 0.1) is 17.2 Å². The van der Waals surface area contributed by atoms with Gasteiger partial charge in [-0.05, 0) is 44.7 Å². The number of nitriles is 1. The quantitative estimate of drug-likeness (QED) is 0.756. The first-order chi connectivity index (χ1) is 7.28. The van der Waals surface area contributed by atoms with Crippen LogP contribution in [0.5, 0.6) is 0 Å². The molecule has 3 heteroatoms. The monoisotopic (exact) mass is 207 g/mol. The van der Waals surface area contributed by atoms with Gasteiger partial charge in [-0.1, -0.05) is 6.92 Å². The van der Waals surface area contributed by atoms with Gasteiger partial charge in [0.05, 0.1) is 6.07 Å². The molecule has 1 atom stereocenters. The molecule has 1 unspecified atom stereocenters. The molecule has 0 aromatic heterocycles. The summed E-state index contributed by atoms with van der Waals surface area (Å²) in [6.07, 6.45) is 5.10. The van der Waals surface area contributed by atoms with Crippen molar-refractivity contribution in [2.75, 3.05) is 19.6 Å². The van der Waals surface area contributed by atoms with Gasteiger partial charge < -0.3 is 4.90 Å². The lowest BCUT2D eigenvalue weighted by Crippen LogP contribution is -2.44. The maximum Gasteiger partial charge on any atom is 0.108 e. The number of piperidine rings is 1. The number of hydrogen-bond donors (Lipinski definition) is 1. The maximum absolute atomic E-state index is 9.05. The van der Waals surface area contributed by atoms with E-state index in [4.69, 9.17) is 5.26 Å². The predicted octanol–water partition coefficient (Wildman–Crippen LogP) is 1.36. The van der Waals surface area contributed by atoms with E-state index in [0.717, 1.165) is 12.5 Å². The highest BCUT2D eigenvalue weighted by molar-refractivity contribution is 4.97. The van der Waals surface area contributed by atoms with Gasteiger partial charge in [0, 0.05) is 12.6 Å². The van der Waals surface area contributed by atoms with Gasteiger partial charge >= 0.3 is 0 Å². The summed E-state index contributed by atoms with van der Waals surface area (Å²) in [4.78, 5) is 2.43. The van der Waals surface area contributed by atoms with E-state index in [-0.39, 0.29) is 6.04 Å². The Balaban J connectivity index is 1.71. The Morgan fingerprint density at radius 1 is 1.33 bits per heavy atom. The highest BCUT2D eigenvalue weighted by Crippen LogP contribution is 2.20. The molecule has 84 valence electrons. The summed E-state index contributed by atoms with van der Waals surface area (Å²) >= 11 is 0. The Kier molecular flexibility index (Phi) is 3.61. The third-order valence-corrected chi connectivity index (χ3v) is 3.49. The van der Waals surface area contributed by atoms with Crippen LogP contribution in [0.2, 0.25) is 0 Å². The lowest BCUT2D eigenvalue weighted by atomic mass is 9.99. The van der Waals surface area contributed by atoms with Crippen molar-refractivity contribution in [3.05, 3.63) is 0 Å². The van der Waals surface area contributed by atoms with Crippen LogP contribution < -0.4 is 5.32 Å².